The van der Waals surface area contributed by atoms with Gasteiger partial charge in [0.2, 0.25) is 0 Å². The number of nitrogens with one attached hydrogen (secondary N) is 1. The van der Waals surface area contributed by atoms with Gasteiger partial charge in [0.1, 0.15) is 23.9 Å². The van der Waals surface area contributed by atoms with Crippen LogP contribution in [0.15, 0.2) is 108 Å². The number of rotatable bonds is 8. The summed E-state index contributed by atoms with van der Waals surface area (Å²) >= 11 is 0. The largest absolute Gasteiger partial charge is 0.489 e. The Morgan fingerprint density at radius 3 is 2.43 bits per heavy atom. The number of hydrazone groups is 1. The molecule has 0 saturated carbocycles. The van der Waals surface area contributed by atoms with Gasteiger partial charge in [-0.2, -0.15) is 5.10 Å². The minimum Gasteiger partial charge on any atom is -0.489 e. The Morgan fingerprint density at radius 2 is 1.63 bits per heavy atom. The highest BCUT2D eigenvalue weighted by molar-refractivity contribution is 5.80. The summed E-state index contributed by atoms with van der Waals surface area (Å²) in [6.45, 7) is 0.529. The molecular weight excluding hydrogens is 374 g/mol. The van der Waals surface area contributed by atoms with Gasteiger partial charge < -0.3 is 9.47 Å². The lowest BCUT2D eigenvalue weighted by Gasteiger charge is -2.08. The van der Waals surface area contributed by atoms with Crippen LogP contribution in [0.25, 0.3) is 0 Å². The average Bonchev–Trinajstić information content (AvgIpc) is 2.81. The lowest BCUT2D eigenvalue weighted by Crippen LogP contribution is -1.96. The fourth-order valence-corrected chi connectivity index (χ4v) is 2.74. The molecule has 5 nitrogen and oxygen atoms in total. The zero-order valence-corrected chi connectivity index (χ0v) is 16.3. The molecule has 0 aliphatic rings. The van der Waals surface area contributed by atoms with Crippen molar-refractivity contribution < 1.29 is 9.47 Å². The van der Waals surface area contributed by atoms with Crippen LogP contribution < -0.4 is 14.9 Å². The highest BCUT2D eigenvalue weighted by atomic mass is 16.5. The molecule has 0 amide bonds. The second-order valence-corrected chi connectivity index (χ2v) is 6.53. The van der Waals surface area contributed by atoms with Crippen LogP contribution in [0.3, 0.4) is 0 Å². The molecule has 0 aliphatic heterocycles. The number of pyridine rings is 1. The second kappa shape index (κ2) is 9.89. The average molecular weight is 395 g/mol. The Kier molecular flexibility index (Phi) is 6.33. The molecule has 4 aromatic rings. The van der Waals surface area contributed by atoms with E-state index in [0.717, 1.165) is 28.3 Å². The van der Waals surface area contributed by atoms with Gasteiger partial charge in [0.05, 0.1) is 18.1 Å². The van der Waals surface area contributed by atoms with E-state index >= 15 is 0 Å². The molecule has 148 valence electrons. The van der Waals surface area contributed by atoms with Crippen LogP contribution >= 0.6 is 0 Å². The van der Waals surface area contributed by atoms with Crippen LogP contribution in [-0.4, -0.2) is 11.2 Å². The van der Waals surface area contributed by atoms with Crippen LogP contribution in [0, 0.1) is 0 Å². The Hall–Kier alpha value is -4.12. The number of nitrogens with zero attached hydrogens (tertiary/aromatic N) is 2. The third-order valence-corrected chi connectivity index (χ3v) is 4.24. The zero-order valence-electron chi connectivity index (χ0n) is 16.3. The molecule has 3 aromatic carbocycles. The lowest BCUT2D eigenvalue weighted by molar-refractivity contribution is 0.306. The normalized spacial score (nSPS) is 10.7. The minimum atomic E-state index is 0.529. The maximum Gasteiger partial charge on any atom is 0.145 e. The van der Waals surface area contributed by atoms with E-state index in [4.69, 9.17) is 9.47 Å². The molecule has 4 rings (SSSR count). The summed E-state index contributed by atoms with van der Waals surface area (Å²) in [4.78, 5) is 4.04. The number of ether oxygens (including phenoxy) is 2. The van der Waals surface area contributed by atoms with Gasteiger partial charge in [-0.25, -0.2) is 0 Å². The summed E-state index contributed by atoms with van der Waals surface area (Å²) in [6, 6.07) is 29.2. The van der Waals surface area contributed by atoms with Crippen LogP contribution in [0.5, 0.6) is 17.2 Å². The Balaban J connectivity index is 1.30. The molecule has 0 bridgehead atoms. The van der Waals surface area contributed by atoms with E-state index in [0.29, 0.717) is 12.4 Å². The molecule has 0 spiro atoms. The van der Waals surface area contributed by atoms with E-state index in [9.17, 15) is 0 Å². The van der Waals surface area contributed by atoms with Crippen LogP contribution in [0.4, 0.5) is 5.69 Å². The summed E-state index contributed by atoms with van der Waals surface area (Å²) in [5, 5.41) is 4.30. The molecule has 0 aliphatic carbocycles. The van der Waals surface area contributed by atoms with Gasteiger partial charge in [0.25, 0.3) is 0 Å². The third-order valence-electron chi connectivity index (χ3n) is 4.24. The van der Waals surface area contributed by atoms with Gasteiger partial charge in [-0.05, 0) is 59.7 Å². The van der Waals surface area contributed by atoms with Crippen molar-refractivity contribution in [1.29, 1.82) is 0 Å². The first-order valence-corrected chi connectivity index (χ1v) is 9.59. The summed E-state index contributed by atoms with van der Waals surface area (Å²) in [5.41, 5.74) is 5.98. The predicted octanol–water partition coefficient (Wildman–Crippen LogP) is 5.90. The number of hydrogen-bond acceptors (Lipinski definition) is 5. The molecule has 1 N–H and O–H groups in total. The van der Waals surface area contributed by atoms with Gasteiger partial charge in [0.15, 0.2) is 0 Å². The van der Waals surface area contributed by atoms with Crippen molar-refractivity contribution in [2.75, 3.05) is 5.43 Å². The second-order valence-electron chi connectivity index (χ2n) is 6.53. The van der Waals surface area contributed by atoms with Gasteiger partial charge in [-0.15, -0.1) is 0 Å². The van der Waals surface area contributed by atoms with Gasteiger partial charge >= 0.3 is 0 Å². The Labute approximate surface area is 175 Å². The highest BCUT2D eigenvalue weighted by Gasteiger charge is 1.99. The highest BCUT2D eigenvalue weighted by Crippen LogP contribution is 2.21. The summed E-state index contributed by atoms with van der Waals surface area (Å²) in [5.74, 6) is 2.24. The number of benzene rings is 3. The molecule has 0 atom stereocenters. The quantitative estimate of drug-likeness (QED) is 0.298. The predicted molar refractivity (Wildman–Crippen MR) is 119 cm³/mol. The minimum absolute atomic E-state index is 0.529. The number of hydrogen-bond donors (Lipinski definition) is 1. The van der Waals surface area contributed by atoms with E-state index in [1.165, 1.54) is 0 Å². The molecule has 1 heterocycles. The standard InChI is InChI=1S/C25H21N3O2/c1-2-6-21(7-3-1)19-29-24-9-4-8-22(16-24)28-27-17-20-11-13-23(14-12-20)30-25-10-5-15-26-18-25/h1-18,28H,19H2/b27-17+. The SMILES string of the molecule is C(=N\Nc1cccc(OCc2ccccc2)c1)/c1ccc(Oc2cccnc2)cc1. The summed E-state index contributed by atoms with van der Waals surface area (Å²) < 4.78 is 11.6. The summed E-state index contributed by atoms with van der Waals surface area (Å²) in [7, 11) is 0. The first kappa shape index (κ1) is 19.2. The number of anilines is 1. The monoisotopic (exact) mass is 395 g/mol. The van der Waals surface area contributed by atoms with Crippen LogP contribution in [-0.2, 0) is 6.61 Å². The van der Waals surface area contributed by atoms with E-state index in [2.05, 4.69) is 15.5 Å². The molecule has 0 radical (unpaired) electrons. The maximum absolute atomic E-state index is 5.85. The van der Waals surface area contributed by atoms with Crippen LogP contribution in [0.1, 0.15) is 11.1 Å². The van der Waals surface area contributed by atoms with Crippen LogP contribution in [0.2, 0.25) is 0 Å². The fraction of sp³-hybridized carbons (Fsp3) is 0.0400. The summed E-state index contributed by atoms with van der Waals surface area (Å²) in [6.07, 6.45) is 5.15. The van der Waals surface area contributed by atoms with E-state index in [1.54, 1.807) is 18.6 Å². The zero-order chi connectivity index (χ0) is 20.4. The number of aromatic nitrogens is 1. The molecule has 0 unspecified atom stereocenters. The first-order chi connectivity index (χ1) is 14.8. The Morgan fingerprint density at radius 1 is 0.800 bits per heavy atom. The van der Waals surface area contributed by atoms with Gasteiger partial charge in [-0.3, -0.25) is 10.4 Å². The molecule has 0 saturated heterocycles. The lowest BCUT2D eigenvalue weighted by atomic mass is 10.2. The smallest absolute Gasteiger partial charge is 0.145 e. The van der Waals surface area contributed by atoms with Crippen molar-refractivity contribution in [3.63, 3.8) is 0 Å². The molecular formula is C25H21N3O2. The first-order valence-electron chi connectivity index (χ1n) is 9.59. The Bertz CT molecular complexity index is 1080. The van der Waals surface area contributed by atoms with Gasteiger partial charge in [0, 0.05) is 12.3 Å². The van der Waals surface area contributed by atoms with E-state index < -0.39 is 0 Å². The topological polar surface area (TPSA) is 55.7 Å². The van der Waals surface area contributed by atoms with Crippen molar-refractivity contribution in [3.05, 3.63) is 115 Å². The van der Waals surface area contributed by atoms with E-state index in [-0.39, 0.29) is 0 Å². The molecule has 5 heteroatoms. The maximum atomic E-state index is 5.85. The molecule has 0 fully saturated rings. The molecule has 30 heavy (non-hydrogen) atoms. The van der Waals surface area contributed by atoms with E-state index in [1.807, 2.05) is 91.0 Å². The van der Waals surface area contributed by atoms with Crippen molar-refractivity contribution in [2.45, 2.75) is 6.61 Å². The third kappa shape index (κ3) is 5.69. The van der Waals surface area contributed by atoms with Gasteiger partial charge in [-0.1, -0.05) is 36.4 Å². The van der Waals surface area contributed by atoms with Crippen molar-refractivity contribution in [1.82, 2.24) is 4.98 Å². The van der Waals surface area contributed by atoms with Crippen molar-refractivity contribution in [2.24, 2.45) is 5.10 Å². The van der Waals surface area contributed by atoms with Crippen molar-refractivity contribution >= 4 is 11.9 Å². The molecule has 1 aromatic heterocycles. The fourth-order valence-electron chi connectivity index (χ4n) is 2.74. The van der Waals surface area contributed by atoms with Crippen molar-refractivity contribution in [3.8, 4) is 17.2 Å².